The number of carbonyl (C=O) groups excluding carboxylic acids is 2. The molecular weight excluding hydrogens is 366 g/mol. The van der Waals surface area contributed by atoms with Gasteiger partial charge in [-0.1, -0.05) is 13.8 Å². The number of nitrogens with one attached hydrogen (secondary N) is 1. The average molecular weight is 400 g/mol. The van der Waals surface area contributed by atoms with E-state index in [0.29, 0.717) is 18.0 Å². The Morgan fingerprint density at radius 3 is 2.41 bits per heavy atom. The van der Waals surface area contributed by atoms with E-state index in [-0.39, 0.29) is 17.9 Å². The Morgan fingerprint density at radius 2 is 1.93 bits per heavy atom. The van der Waals surface area contributed by atoms with E-state index in [1.807, 2.05) is 6.92 Å². The van der Waals surface area contributed by atoms with Gasteiger partial charge in [-0.3, -0.25) is 14.5 Å². The molecule has 0 fully saturated rings. The molecule has 2 amide bonds. The number of hydrogen-bond acceptors (Lipinski definition) is 6. The molecule has 1 rings (SSSR count). The first-order valence-corrected chi connectivity index (χ1v) is 10.3. The molecule has 3 unspecified atom stereocenters. The molecule has 154 valence electrons. The summed E-state index contributed by atoms with van der Waals surface area (Å²) in [7, 11) is 0. The van der Waals surface area contributed by atoms with Crippen LogP contribution in [-0.2, 0) is 9.59 Å². The first-order chi connectivity index (χ1) is 12.4. The third kappa shape index (κ3) is 7.56. The maximum atomic E-state index is 13.0. The predicted molar refractivity (Wildman–Crippen MR) is 108 cm³/mol. The van der Waals surface area contributed by atoms with Crippen molar-refractivity contribution in [2.45, 2.75) is 84.6 Å². The number of amides is 2. The zero-order chi connectivity index (χ0) is 20.8. The number of rotatable bonds is 10. The van der Waals surface area contributed by atoms with Crippen LogP contribution in [-0.4, -0.2) is 50.8 Å². The number of aromatic nitrogens is 1. The number of carbonyl (C=O) groups is 2. The van der Waals surface area contributed by atoms with Crippen LogP contribution < -0.4 is 10.2 Å². The van der Waals surface area contributed by atoms with Crippen molar-refractivity contribution >= 4 is 28.3 Å². The Bertz CT molecular complexity index is 599. The molecule has 0 radical (unpaired) electrons. The topological polar surface area (TPSA) is 103 Å². The average Bonchev–Trinajstić information content (AvgIpc) is 3.06. The lowest BCUT2D eigenvalue weighted by Crippen LogP contribution is -2.52. The highest BCUT2D eigenvalue weighted by Gasteiger charge is 2.30. The molecule has 0 aliphatic rings. The predicted octanol–water partition coefficient (Wildman–Crippen LogP) is 2.33. The third-order valence-corrected chi connectivity index (χ3v) is 5.11. The summed E-state index contributed by atoms with van der Waals surface area (Å²) in [6.07, 6.45) is 2.56. The van der Waals surface area contributed by atoms with Crippen LogP contribution in [0.2, 0.25) is 0 Å². The van der Waals surface area contributed by atoms with E-state index < -0.39 is 23.7 Å². The van der Waals surface area contributed by atoms with Crippen molar-refractivity contribution < 1.29 is 19.8 Å². The van der Waals surface area contributed by atoms with Crippen molar-refractivity contribution in [1.29, 1.82) is 0 Å². The minimum atomic E-state index is -1.15. The fraction of sp³-hybridized carbons (Fsp3) is 0.737. The smallest absolute Gasteiger partial charge is 0.251 e. The van der Waals surface area contributed by atoms with Gasteiger partial charge in [0.05, 0.1) is 5.60 Å². The van der Waals surface area contributed by atoms with Gasteiger partial charge in [0, 0.05) is 17.6 Å². The summed E-state index contributed by atoms with van der Waals surface area (Å²) < 4.78 is 0. The highest BCUT2D eigenvalue weighted by atomic mass is 32.1. The van der Waals surface area contributed by atoms with E-state index in [1.54, 1.807) is 51.1 Å². The zero-order valence-electron chi connectivity index (χ0n) is 17.1. The molecule has 0 aliphatic carbocycles. The van der Waals surface area contributed by atoms with Gasteiger partial charge in [0.2, 0.25) is 5.91 Å². The second kappa shape index (κ2) is 10.1. The van der Waals surface area contributed by atoms with E-state index in [4.69, 9.17) is 0 Å². The van der Waals surface area contributed by atoms with Crippen molar-refractivity contribution in [1.82, 2.24) is 10.3 Å². The standard InChI is InChI=1S/C19H33N3O4S/c1-12(2)15(23)16(24)21-14(4)17(25)22(18-20-10-11-27-18)13(3)8-7-9-19(5,6)26/h10-15,23,26H,7-9H2,1-6H3,(H,21,24). The fourth-order valence-electron chi connectivity index (χ4n) is 2.67. The van der Waals surface area contributed by atoms with Gasteiger partial charge < -0.3 is 15.5 Å². The zero-order valence-corrected chi connectivity index (χ0v) is 17.9. The Morgan fingerprint density at radius 1 is 1.30 bits per heavy atom. The second-order valence-corrected chi connectivity index (χ2v) is 8.87. The molecule has 0 bridgehead atoms. The highest BCUT2D eigenvalue weighted by Crippen LogP contribution is 2.24. The van der Waals surface area contributed by atoms with Crippen molar-refractivity contribution in [3.8, 4) is 0 Å². The number of nitrogens with zero attached hydrogens (tertiary/aromatic N) is 2. The van der Waals surface area contributed by atoms with Crippen LogP contribution in [0.1, 0.15) is 60.8 Å². The number of thiazole rings is 1. The van der Waals surface area contributed by atoms with E-state index in [0.717, 1.165) is 6.42 Å². The summed E-state index contributed by atoms with van der Waals surface area (Å²) in [6.45, 7) is 10.5. The van der Waals surface area contributed by atoms with Crippen LogP contribution in [0.15, 0.2) is 11.6 Å². The Balaban J connectivity index is 2.84. The van der Waals surface area contributed by atoms with Crippen molar-refractivity contribution in [2.24, 2.45) is 5.92 Å². The lowest BCUT2D eigenvalue weighted by Gasteiger charge is -2.30. The molecule has 3 N–H and O–H groups in total. The van der Waals surface area contributed by atoms with Gasteiger partial charge in [0.1, 0.15) is 12.1 Å². The quantitative estimate of drug-likeness (QED) is 0.560. The minimum absolute atomic E-state index is 0.139. The normalized spacial score (nSPS) is 15.3. The molecule has 1 aromatic rings. The number of anilines is 1. The van der Waals surface area contributed by atoms with Crippen LogP contribution in [0, 0.1) is 5.92 Å². The number of aliphatic hydroxyl groups excluding tert-OH is 1. The maximum absolute atomic E-state index is 13.0. The lowest BCUT2D eigenvalue weighted by molar-refractivity contribution is -0.134. The SMILES string of the molecule is CC(NC(=O)C(O)C(C)C)C(=O)N(c1nccs1)C(C)CCCC(C)(C)O. The van der Waals surface area contributed by atoms with E-state index in [9.17, 15) is 19.8 Å². The molecule has 27 heavy (non-hydrogen) atoms. The number of aliphatic hydroxyl groups is 2. The summed E-state index contributed by atoms with van der Waals surface area (Å²) in [5.41, 5.74) is -0.746. The van der Waals surface area contributed by atoms with Crippen LogP contribution in [0.3, 0.4) is 0 Å². The van der Waals surface area contributed by atoms with Gasteiger partial charge in [-0.25, -0.2) is 4.98 Å². The van der Waals surface area contributed by atoms with Crippen LogP contribution in [0.4, 0.5) is 5.13 Å². The molecule has 0 spiro atoms. The first kappa shape index (κ1) is 23.5. The Kier molecular flexibility index (Phi) is 8.84. The maximum Gasteiger partial charge on any atom is 0.251 e. The van der Waals surface area contributed by atoms with Gasteiger partial charge in [-0.15, -0.1) is 11.3 Å². The van der Waals surface area contributed by atoms with Crippen LogP contribution >= 0.6 is 11.3 Å². The Labute approximate surface area is 165 Å². The van der Waals surface area contributed by atoms with E-state index in [1.165, 1.54) is 11.3 Å². The third-order valence-electron chi connectivity index (χ3n) is 4.34. The van der Waals surface area contributed by atoms with Crippen molar-refractivity contribution in [3.05, 3.63) is 11.6 Å². The molecule has 8 heteroatoms. The van der Waals surface area contributed by atoms with Crippen molar-refractivity contribution in [2.75, 3.05) is 4.90 Å². The Hall–Kier alpha value is -1.51. The molecular formula is C19H33N3O4S. The summed E-state index contributed by atoms with van der Waals surface area (Å²) in [5.74, 6) is -1.06. The molecule has 1 aromatic heterocycles. The molecule has 1 heterocycles. The minimum Gasteiger partial charge on any atom is -0.390 e. The largest absolute Gasteiger partial charge is 0.390 e. The lowest BCUT2D eigenvalue weighted by atomic mass is 9.99. The van der Waals surface area contributed by atoms with Gasteiger partial charge in [0.15, 0.2) is 5.13 Å². The molecule has 0 saturated carbocycles. The van der Waals surface area contributed by atoms with E-state index >= 15 is 0 Å². The molecule has 3 atom stereocenters. The number of hydrogen-bond donors (Lipinski definition) is 3. The second-order valence-electron chi connectivity index (χ2n) is 8.00. The van der Waals surface area contributed by atoms with Crippen LogP contribution in [0.25, 0.3) is 0 Å². The summed E-state index contributed by atoms with van der Waals surface area (Å²) in [6, 6.07) is -0.924. The monoisotopic (exact) mass is 399 g/mol. The first-order valence-electron chi connectivity index (χ1n) is 9.37. The molecule has 0 saturated heterocycles. The highest BCUT2D eigenvalue weighted by molar-refractivity contribution is 7.13. The summed E-state index contributed by atoms with van der Waals surface area (Å²) >= 11 is 1.36. The summed E-state index contributed by atoms with van der Waals surface area (Å²) in [4.78, 5) is 31.0. The van der Waals surface area contributed by atoms with Crippen LogP contribution in [0.5, 0.6) is 0 Å². The van der Waals surface area contributed by atoms with Gasteiger partial charge in [0.25, 0.3) is 5.91 Å². The molecule has 7 nitrogen and oxygen atoms in total. The van der Waals surface area contributed by atoms with Crippen molar-refractivity contribution in [3.63, 3.8) is 0 Å². The fourth-order valence-corrected chi connectivity index (χ4v) is 3.41. The summed E-state index contributed by atoms with van der Waals surface area (Å²) in [5, 5.41) is 24.7. The van der Waals surface area contributed by atoms with Gasteiger partial charge in [-0.2, -0.15) is 0 Å². The van der Waals surface area contributed by atoms with Gasteiger partial charge in [-0.05, 0) is 52.9 Å². The molecule has 0 aliphatic heterocycles. The molecule has 0 aromatic carbocycles. The van der Waals surface area contributed by atoms with Gasteiger partial charge >= 0.3 is 0 Å². The van der Waals surface area contributed by atoms with E-state index in [2.05, 4.69) is 10.3 Å².